The second-order valence-electron chi connectivity index (χ2n) is 7.02. The molecule has 3 amide bonds. The number of anilines is 1. The second kappa shape index (κ2) is 8.73. The Kier molecular flexibility index (Phi) is 5.69. The molecule has 0 atom stereocenters. The Bertz CT molecular complexity index is 1010. The quantitative estimate of drug-likeness (QED) is 0.694. The first-order valence-electron chi connectivity index (χ1n) is 9.68. The van der Waals surface area contributed by atoms with Crippen LogP contribution in [-0.4, -0.2) is 50.7 Å². The Hall–Kier alpha value is -3.75. The minimum absolute atomic E-state index is 0.0515. The first-order chi connectivity index (χ1) is 14.6. The number of amides is 3. The van der Waals surface area contributed by atoms with Crippen LogP contribution in [0.1, 0.15) is 23.5 Å². The van der Waals surface area contributed by atoms with Gasteiger partial charge < -0.3 is 15.5 Å². The van der Waals surface area contributed by atoms with Crippen molar-refractivity contribution < 1.29 is 14.0 Å². The molecule has 0 unspecified atom stereocenters. The van der Waals surface area contributed by atoms with Crippen molar-refractivity contribution in [1.29, 1.82) is 0 Å². The number of likely N-dealkylation sites (tertiary alicyclic amines) is 1. The van der Waals surface area contributed by atoms with Gasteiger partial charge in [-0.2, -0.15) is 0 Å². The Morgan fingerprint density at radius 2 is 1.70 bits per heavy atom. The molecule has 9 heteroatoms. The number of halogens is 1. The first-order valence-corrected chi connectivity index (χ1v) is 9.68. The summed E-state index contributed by atoms with van der Waals surface area (Å²) in [6.07, 6.45) is 2.78. The molecule has 1 fully saturated rings. The molecule has 154 valence electrons. The number of carbonyl (C=O) groups excluding carboxylic acids is 2. The van der Waals surface area contributed by atoms with Gasteiger partial charge in [-0.1, -0.05) is 18.2 Å². The van der Waals surface area contributed by atoms with Crippen molar-refractivity contribution >= 4 is 17.6 Å². The number of piperidine rings is 1. The van der Waals surface area contributed by atoms with E-state index >= 15 is 0 Å². The van der Waals surface area contributed by atoms with Crippen LogP contribution in [0.4, 0.5) is 14.9 Å². The van der Waals surface area contributed by atoms with E-state index < -0.39 is 0 Å². The van der Waals surface area contributed by atoms with Crippen LogP contribution in [0, 0.1) is 5.82 Å². The number of hydrogen-bond acceptors (Lipinski definition) is 4. The van der Waals surface area contributed by atoms with E-state index in [1.165, 1.54) is 30.6 Å². The smallest absolute Gasteiger partial charge is 0.319 e. The Balaban J connectivity index is 1.28. The molecule has 0 bridgehead atoms. The third-order valence-electron chi connectivity index (χ3n) is 4.92. The predicted molar refractivity (Wildman–Crippen MR) is 109 cm³/mol. The highest BCUT2D eigenvalue weighted by atomic mass is 19.1. The highest BCUT2D eigenvalue weighted by Crippen LogP contribution is 2.14. The van der Waals surface area contributed by atoms with Crippen molar-refractivity contribution in [2.45, 2.75) is 18.9 Å². The molecule has 0 aliphatic carbocycles. The largest absolute Gasteiger partial charge is 0.336 e. The molecule has 1 aliphatic heterocycles. The van der Waals surface area contributed by atoms with Crippen molar-refractivity contribution in [3.05, 3.63) is 72.6 Å². The van der Waals surface area contributed by atoms with Gasteiger partial charge in [0.1, 0.15) is 12.1 Å². The first kappa shape index (κ1) is 19.6. The number of aromatic nitrogens is 3. The maximum atomic E-state index is 12.9. The van der Waals surface area contributed by atoms with Crippen LogP contribution in [0.25, 0.3) is 5.69 Å². The van der Waals surface area contributed by atoms with E-state index in [0.717, 1.165) is 5.69 Å². The van der Waals surface area contributed by atoms with Crippen molar-refractivity contribution in [3.63, 3.8) is 0 Å². The van der Waals surface area contributed by atoms with E-state index in [4.69, 9.17) is 0 Å². The summed E-state index contributed by atoms with van der Waals surface area (Å²) in [6.45, 7) is 1.00. The van der Waals surface area contributed by atoms with E-state index in [1.807, 2.05) is 30.3 Å². The number of benzene rings is 2. The maximum absolute atomic E-state index is 12.9. The van der Waals surface area contributed by atoms with Gasteiger partial charge in [0.05, 0.1) is 5.69 Å². The lowest BCUT2D eigenvalue weighted by Gasteiger charge is -2.31. The third-order valence-corrected chi connectivity index (χ3v) is 4.92. The van der Waals surface area contributed by atoms with Crippen LogP contribution in [0.2, 0.25) is 0 Å². The highest BCUT2D eigenvalue weighted by Gasteiger charge is 2.26. The van der Waals surface area contributed by atoms with Gasteiger partial charge in [0.2, 0.25) is 5.82 Å². The van der Waals surface area contributed by atoms with Crippen molar-refractivity contribution in [2.24, 2.45) is 0 Å². The summed E-state index contributed by atoms with van der Waals surface area (Å²) in [5.74, 6) is -0.431. The number of nitrogens with one attached hydrogen (secondary N) is 2. The molecule has 3 aromatic rings. The Labute approximate surface area is 172 Å². The van der Waals surface area contributed by atoms with E-state index in [-0.39, 0.29) is 29.6 Å². The summed E-state index contributed by atoms with van der Waals surface area (Å²) in [7, 11) is 0. The summed E-state index contributed by atoms with van der Waals surface area (Å²) >= 11 is 0. The third kappa shape index (κ3) is 4.62. The molecule has 2 heterocycles. The van der Waals surface area contributed by atoms with Gasteiger partial charge >= 0.3 is 6.03 Å². The fourth-order valence-corrected chi connectivity index (χ4v) is 3.32. The molecular formula is C21H21FN6O2. The lowest BCUT2D eigenvalue weighted by atomic mass is 10.1. The number of nitrogens with zero attached hydrogens (tertiary/aromatic N) is 4. The molecule has 8 nitrogen and oxygen atoms in total. The summed E-state index contributed by atoms with van der Waals surface area (Å²) in [6, 6.07) is 14.6. The van der Waals surface area contributed by atoms with Gasteiger partial charge in [0.25, 0.3) is 5.91 Å². The molecule has 1 aliphatic rings. The molecule has 30 heavy (non-hydrogen) atoms. The monoisotopic (exact) mass is 408 g/mol. The van der Waals surface area contributed by atoms with Gasteiger partial charge in [0.15, 0.2) is 0 Å². The molecule has 1 aromatic heterocycles. The Morgan fingerprint density at radius 3 is 2.40 bits per heavy atom. The van der Waals surface area contributed by atoms with Gasteiger partial charge in [0, 0.05) is 24.8 Å². The van der Waals surface area contributed by atoms with Crippen LogP contribution in [0.3, 0.4) is 0 Å². The van der Waals surface area contributed by atoms with Crippen molar-refractivity contribution in [3.8, 4) is 5.69 Å². The van der Waals surface area contributed by atoms with Gasteiger partial charge in [-0.3, -0.25) is 4.79 Å². The lowest BCUT2D eigenvalue weighted by molar-refractivity contribution is 0.0696. The molecule has 4 rings (SSSR count). The Morgan fingerprint density at radius 1 is 1.00 bits per heavy atom. The van der Waals surface area contributed by atoms with Crippen LogP contribution in [0.5, 0.6) is 0 Å². The van der Waals surface area contributed by atoms with E-state index in [1.54, 1.807) is 9.58 Å². The SMILES string of the molecule is O=C(Nc1ccc(F)cc1)NC1CCN(C(=O)c2ncn(-c3ccccc3)n2)CC1. The zero-order valence-electron chi connectivity index (χ0n) is 16.2. The van der Waals surface area contributed by atoms with E-state index in [0.29, 0.717) is 31.6 Å². The number of urea groups is 1. The number of para-hydroxylation sites is 1. The lowest BCUT2D eigenvalue weighted by Crippen LogP contribution is -2.47. The second-order valence-corrected chi connectivity index (χ2v) is 7.02. The van der Waals surface area contributed by atoms with Crippen LogP contribution < -0.4 is 10.6 Å². The van der Waals surface area contributed by atoms with Crippen LogP contribution >= 0.6 is 0 Å². The molecule has 2 N–H and O–H groups in total. The topological polar surface area (TPSA) is 92.2 Å². The molecular weight excluding hydrogens is 387 g/mol. The van der Waals surface area contributed by atoms with E-state index in [9.17, 15) is 14.0 Å². The van der Waals surface area contributed by atoms with E-state index in [2.05, 4.69) is 20.7 Å². The van der Waals surface area contributed by atoms with Crippen LogP contribution in [0.15, 0.2) is 60.9 Å². The summed E-state index contributed by atoms with van der Waals surface area (Å²) in [5, 5.41) is 9.85. The summed E-state index contributed by atoms with van der Waals surface area (Å²) in [5.41, 5.74) is 1.35. The van der Waals surface area contributed by atoms with Crippen LogP contribution in [-0.2, 0) is 0 Å². The van der Waals surface area contributed by atoms with Crippen molar-refractivity contribution in [1.82, 2.24) is 25.0 Å². The number of carbonyl (C=O) groups is 2. The maximum Gasteiger partial charge on any atom is 0.319 e. The molecule has 2 aromatic carbocycles. The molecule has 0 spiro atoms. The fraction of sp³-hybridized carbons (Fsp3) is 0.238. The number of hydrogen-bond donors (Lipinski definition) is 2. The zero-order chi connectivity index (χ0) is 20.9. The zero-order valence-corrected chi connectivity index (χ0v) is 16.2. The van der Waals surface area contributed by atoms with Crippen molar-refractivity contribution in [2.75, 3.05) is 18.4 Å². The minimum atomic E-state index is -0.360. The average Bonchev–Trinajstić information content (AvgIpc) is 3.26. The highest BCUT2D eigenvalue weighted by molar-refractivity contribution is 5.91. The van der Waals surface area contributed by atoms with Gasteiger partial charge in [-0.25, -0.2) is 18.9 Å². The minimum Gasteiger partial charge on any atom is -0.336 e. The standard InChI is InChI=1S/C21H21FN6O2/c22-15-6-8-16(9-7-15)24-21(30)25-17-10-12-27(13-11-17)20(29)19-23-14-28(26-19)18-4-2-1-3-5-18/h1-9,14,17H,10-13H2,(H2,24,25,30). The fourth-order valence-electron chi connectivity index (χ4n) is 3.32. The summed E-state index contributed by atoms with van der Waals surface area (Å²) < 4.78 is 14.5. The predicted octanol–water partition coefficient (Wildman–Crippen LogP) is 2.83. The normalized spacial score (nSPS) is 14.4. The molecule has 0 radical (unpaired) electrons. The number of rotatable bonds is 4. The molecule has 1 saturated heterocycles. The van der Waals surface area contributed by atoms with Gasteiger partial charge in [-0.15, -0.1) is 5.10 Å². The molecule has 0 saturated carbocycles. The average molecular weight is 408 g/mol. The van der Waals surface area contributed by atoms with Gasteiger partial charge in [-0.05, 0) is 49.2 Å². The summed E-state index contributed by atoms with van der Waals surface area (Å²) in [4.78, 5) is 30.7.